The Hall–Kier alpha value is -3.08. The molecule has 2 aromatic heterocycles. The van der Waals surface area contributed by atoms with Gasteiger partial charge in [-0.2, -0.15) is 0 Å². The number of nitrogens with zero attached hydrogens (tertiary/aromatic N) is 1. The number of benzene rings is 1. The van der Waals surface area contributed by atoms with Crippen LogP contribution in [0.1, 0.15) is 98.2 Å². The number of esters is 1. The normalized spacial score (nSPS) is 13.0. The van der Waals surface area contributed by atoms with E-state index in [9.17, 15) is 9.59 Å². The molecule has 0 saturated carbocycles. The van der Waals surface area contributed by atoms with Crippen LogP contribution in [0.5, 0.6) is 5.75 Å². The Bertz CT molecular complexity index is 1110. The number of ether oxygens (including phenoxy) is 2. The Morgan fingerprint density at radius 2 is 1.64 bits per heavy atom. The quantitative estimate of drug-likeness (QED) is 0.246. The van der Waals surface area contributed by atoms with Gasteiger partial charge in [-0.15, -0.1) is 0 Å². The molecule has 33 heavy (non-hydrogen) atoms. The van der Waals surface area contributed by atoms with E-state index in [4.69, 9.17) is 9.47 Å². The van der Waals surface area contributed by atoms with Crippen molar-refractivity contribution >= 4 is 17.8 Å². The van der Waals surface area contributed by atoms with Crippen molar-refractivity contribution in [1.29, 1.82) is 0 Å². The predicted molar refractivity (Wildman–Crippen MR) is 133 cm³/mol. The molecule has 5 heteroatoms. The maximum atomic E-state index is 13.1. The molecule has 2 heterocycles. The minimum Gasteiger partial charge on any atom is -0.493 e. The lowest BCUT2D eigenvalue weighted by molar-refractivity contribution is 0.0529. The van der Waals surface area contributed by atoms with Gasteiger partial charge in [0.05, 0.1) is 30.0 Å². The van der Waals surface area contributed by atoms with Crippen LogP contribution in [0.25, 0.3) is 16.6 Å². The second-order valence-corrected chi connectivity index (χ2v) is 8.46. The molecule has 1 aromatic carbocycles. The van der Waals surface area contributed by atoms with Crippen LogP contribution in [0.15, 0.2) is 36.5 Å². The third kappa shape index (κ3) is 4.54. The standard InChI is InChI=1S/C28H35NO4/c1-7-18(5)21-15-20(16-22(19(6)8-2)27(21)32-9-3)25-24(17-30)29-14-12-11-13-23(29)26(25)28(31)33-10-4/h11-19H,7-10H2,1-6H3. The number of carbonyl (C=O) groups is 2. The molecule has 5 nitrogen and oxygen atoms in total. The van der Waals surface area contributed by atoms with Crippen molar-refractivity contribution in [3.8, 4) is 16.9 Å². The summed E-state index contributed by atoms with van der Waals surface area (Å²) in [4.78, 5) is 25.5. The first-order valence-electron chi connectivity index (χ1n) is 12.0. The first-order chi connectivity index (χ1) is 15.9. The average molecular weight is 450 g/mol. The van der Waals surface area contributed by atoms with Crippen molar-refractivity contribution < 1.29 is 19.1 Å². The Morgan fingerprint density at radius 1 is 1.00 bits per heavy atom. The summed E-state index contributed by atoms with van der Waals surface area (Å²) in [7, 11) is 0. The summed E-state index contributed by atoms with van der Waals surface area (Å²) < 4.78 is 13.4. The third-order valence-corrected chi connectivity index (χ3v) is 6.48. The van der Waals surface area contributed by atoms with E-state index < -0.39 is 5.97 Å². The van der Waals surface area contributed by atoms with Crippen LogP contribution in [0.2, 0.25) is 0 Å². The molecule has 0 bridgehead atoms. The molecule has 0 amide bonds. The van der Waals surface area contributed by atoms with Crippen LogP contribution in [-0.4, -0.2) is 29.9 Å². The lowest BCUT2D eigenvalue weighted by Gasteiger charge is -2.23. The van der Waals surface area contributed by atoms with Crippen molar-refractivity contribution in [3.05, 3.63) is 58.9 Å². The van der Waals surface area contributed by atoms with Crippen molar-refractivity contribution in [2.24, 2.45) is 0 Å². The van der Waals surface area contributed by atoms with E-state index in [2.05, 4.69) is 39.8 Å². The molecule has 2 unspecified atom stereocenters. The van der Waals surface area contributed by atoms with Gasteiger partial charge in [0.25, 0.3) is 0 Å². The highest BCUT2D eigenvalue weighted by Gasteiger charge is 2.28. The molecule has 0 aliphatic carbocycles. The predicted octanol–water partition coefficient (Wildman–Crippen LogP) is 7.02. The molecule has 0 aliphatic heterocycles. The van der Waals surface area contributed by atoms with Gasteiger partial charge in [-0.25, -0.2) is 4.79 Å². The lowest BCUT2D eigenvalue weighted by atomic mass is 9.86. The van der Waals surface area contributed by atoms with Crippen LogP contribution < -0.4 is 4.74 Å². The SMILES string of the molecule is CCOC(=O)c1c(-c2cc(C(C)CC)c(OCC)c(C(C)CC)c2)c(C=O)n2ccccc12. The van der Waals surface area contributed by atoms with Crippen LogP contribution in [0, 0.1) is 0 Å². The van der Waals surface area contributed by atoms with Gasteiger partial charge >= 0.3 is 5.97 Å². The molecule has 0 fully saturated rings. The smallest absolute Gasteiger partial charge is 0.340 e. The van der Waals surface area contributed by atoms with Crippen molar-refractivity contribution in [1.82, 2.24) is 4.40 Å². The number of rotatable bonds is 10. The molecule has 0 radical (unpaired) electrons. The molecule has 0 spiro atoms. The second kappa shape index (κ2) is 10.7. The second-order valence-electron chi connectivity index (χ2n) is 8.46. The topological polar surface area (TPSA) is 57.0 Å². The Morgan fingerprint density at radius 3 is 2.15 bits per heavy atom. The van der Waals surface area contributed by atoms with E-state index in [0.29, 0.717) is 28.9 Å². The molecule has 3 aromatic rings. The van der Waals surface area contributed by atoms with Crippen molar-refractivity contribution in [3.63, 3.8) is 0 Å². The number of carbonyl (C=O) groups excluding carboxylic acids is 2. The lowest BCUT2D eigenvalue weighted by Crippen LogP contribution is -2.08. The van der Waals surface area contributed by atoms with E-state index in [1.165, 1.54) is 0 Å². The minimum absolute atomic E-state index is 0.261. The number of pyridine rings is 1. The fraction of sp³-hybridized carbons (Fsp3) is 0.429. The van der Waals surface area contributed by atoms with E-state index in [-0.39, 0.29) is 18.4 Å². The highest BCUT2D eigenvalue weighted by molar-refractivity contribution is 6.09. The molecule has 0 aliphatic rings. The molecule has 0 N–H and O–H groups in total. The molecule has 0 saturated heterocycles. The number of fused-ring (bicyclic) bond motifs is 1. The van der Waals surface area contributed by atoms with Gasteiger partial charge in [0.1, 0.15) is 5.75 Å². The van der Waals surface area contributed by atoms with Gasteiger partial charge in [0.2, 0.25) is 0 Å². The van der Waals surface area contributed by atoms with E-state index in [0.717, 1.165) is 41.6 Å². The maximum Gasteiger partial charge on any atom is 0.340 e. The fourth-order valence-electron chi connectivity index (χ4n) is 4.35. The Labute approximate surface area is 196 Å². The minimum atomic E-state index is -0.423. The zero-order chi connectivity index (χ0) is 24.1. The highest BCUT2D eigenvalue weighted by Crippen LogP contribution is 2.43. The zero-order valence-corrected chi connectivity index (χ0v) is 20.6. The summed E-state index contributed by atoms with van der Waals surface area (Å²) in [5.41, 5.74) is 5.21. The molecule has 176 valence electrons. The molecule has 3 rings (SSSR count). The number of aldehydes is 1. The zero-order valence-electron chi connectivity index (χ0n) is 20.6. The van der Waals surface area contributed by atoms with Gasteiger partial charge in [-0.1, -0.05) is 33.8 Å². The summed E-state index contributed by atoms with van der Waals surface area (Å²) in [6.45, 7) is 13.3. The number of hydrogen-bond donors (Lipinski definition) is 0. The first-order valence-corrected chi connectivity index (χ1v) is 12.0. The molecule has 2 atom stereocenters. The van der Waals surface area contributed by atoms with Crippen LogP contribution >= 0.6 is 0 Å². The summed E-state index contributed by atoms with van der Waals surface area (Å²) in [5.74, 6) is 1.03. The average Bonchev–Trinajstić information content (AvgIpc) is 3.17. The van der Waals surface area contributed by atoms with Gasteiger partial charge < -0.3 is 13.9 Å². The summed E-state index contributed by atoms with van der Waals surface area (Å²) >= 11 is 0. The number of aromatic nitrogens is 1. The summed E-state index contributed by atoms with van der Waals surface area (Å²) in [5, 5.41) is 0. The van der Waals surface area contributed by atoms with E-state index in [1.54, 1.807) is 11.3 Å². The monoisotopic (exact) mass is 449 g/mol. The van der Waals surface area contributed by atoms with Gasteiger partial charge in [0, 0.05) is 11.8 Å². The summed E-state index contributed by atoms with van der Waals surface area (Å²) in [6.07, 6.45) is 4.54. The fourth-order valence-corrected chi connectivity index (χ4v) is 4.35. The first kappa shape index (κ1) is 24.6. The number of hydrogen-bond acceptors (Lipinski definition) is 4. The highest BCUT2D eigenvalue weighted by atomic mass is 16.5. The Kier molecular flexibility index (Phi) is 7.96. The van der Waals surface area contributed by atoms with Crippen molar-refractivity contribution in [2.75, 3.05) is 13.2 Å². The van der Waals surface area contributed by atoms with Crippen LogP contribution in [0.3, 0.4) is 0 Å². The molecular weight excluding hydrogens is 414 g/mol. The van der Waals surface area contributed by atoms with E-state index in [1.807, 2.05) is 31.3 Å². The van der Waals surface area contributed by atoms with E-state index >= 15 is 0 Å². The molecular formula is C28H35NO4. The summed E-state index contributed by atoms with van der Waals surface area (Å²) in [6, 6.07) is 9.75. The van der Waals surface area contributed by atoms with Crippen LogP contribution in [0.4, 0.5) is 0 Å². The van der Waals surface area contributed by atoms with Crippen LogP contribution in [-0.2, 0) is 4.74 Å². The van der Waals surface area contributed by atoms with Crippen molar-refractivity contribution in [2.45, 2.75) is 66.2 Å². The largest absolute Gasteiger partial charge is 0.493 e. The Balaban J connectivity index is 2.45. The maximum absolute atomic E-state index is 13.1. The third-order valence-electron chi connectivity index (χ3n) is 6.48. The van der Waals surface area contributed by atoms with Gasteiger partial charge in [-0.05, 0) is 79.5 Å². The van der Waals surface area contributed by atoms with Gasteiger partial charge in [-0.3, -0.25) is 4.79 Å². The van der Waals surface area contributed by atoms with Gasteiger partial charge in [0.15, 0.2) is 6.29 Å².